The summed E-state index contributed by atoms with van der Waals surface area (Å²) in [5.74, 6) is 0. The van der Waals surface area contributed by atoms with Crippen LogP contribution in [-0.4, -0.2) is 58.1 Å². The fourth-order valence-corrected chi connectivity index (χ4v) is 8.42. The molecule has 0 rings (SSSR count). The van der Waals surface area contributed by atoms with Crippen LogP contribution < -0.4 is 0 Å². The number of hydrogen-bond acceptors (Lipinski definition) is 4. The largest absolute Gasteiger partial charge is 0.413 e. The third-order valence-electron chi connectivity index (χ3n) is 3.10. The molecule has 0 saturated heterocycles. The van der Waals surface area contributed by atoms with E-state index in [1.54, 1.807) is 0 Å². The van der Waals surface area contributed by atoms with Gasteiger partial charge in [0.15, 0.2) is 8.32 Å². The molecule has 0 saturated carbocycles. The van der Waals surface area contributed by atoms with Crippen molar-refractivity contribution < 1.29 is 19.4 Å². The van der Waals surface area contributed by atoms with Crippen LogP contribution in [0.1, 0.15) is 20.3 Å². The Labute approximate surface area is 133 Å². The van der Waals surface area contributed by atoms with Gasteiger partial charge >= 0.3 is 0 Å². The van der Waals surface area contributed by atoms with Crippen molar-refractivity contribution in [1.82, 2.24) is 0 Å². The summed E-state index contributed by atoms with van der Waals surface area (Å²) in [6, 6.07) is 2.23. The highest BCUT2D eigenvalue weighted by atomic mass is 28.4. The Balaban J connectivity index is 4.08. The molecule has 1 atom stereocenters. The molecule has 0 spiro atoms. The second-order valence-electron chi connectivity index (χ2n) is 8.37. The average Bonchev–Trinajstić information content (AvgIpc) is 2.22. The van der Waals surface area contributed by atoms with E-state index in [-0.39, 0.29) is 18.8 Å². The van der Waals surface area contributed by atoms with E-state index >= 15 is 0 Å². The third-order valence-corrected chi connectivity index (χ3v) is 7.67. The molecule has 6 heteroatoms. The summed E-state index contributed by atoms with van der Waals surface area (Å²) in [6.07, 6.45) is 0.183. The van der Waals surface area contributed by atoms with Crippen molar-refractivity contribution in [3.8, 4) is 0 Å². The molecule has 0 aliphatic heterocycles. The Morgan fingerprint density at radius 1 is 1.10 bits per heavy atom. The first-order valence-corrected chi connectivity index (χ1v) is 14.8. The first-order chi connectivity index (χ1) is 9.37. The van der Waals surface area contributed by atoms with Crippen molar-refractivity contribution >= 4 is 16.4 Å². The number of hydrogen-bond donors (Lipinski definition) is 2. The number of aliphatic hydroxyl groups is 2. The molecule has 2 N–H and O–H groups in total. The predicted octanol–water partition coefficient (Wildman–Crippen LogP) is 3.08. The third kappa shape index (κ3) is 12.5. The van der Waals surface area contributed by atoms with Gasteiger partial charge in [-0.3, -0.25) is 0 Å². The van der Waals surface area contributed by atoms with Crippen molar-refractivity contribution in [2.24, 2.45) is 0 Å². The molecule has 0 radical (unpaired) electrons. The summed E-state index contributed by atoms with van der Waals surface area (Å²) in [4.78, 5) is 0. The molecule has 0 bridgehead atoms. The van der Waals surface area contributed by atoms with Crippen LogP contribution >= 0.6 is 0 Å². The van der Waals surface area contributed by atoms with Gasteiger partial charge < -0.3 is 19.4 Å². The summed E-state index contributed by atoms with van der Waals surface area (Å²) in [5, 5.41) is 17.9. The molecule has 0 aromatic rings. The first-order valence-electron chi connectivity index (χ1n) is 7.94. The molecule has 0 aliphatic rings. The maximum Gasteiger partial charge on any atom is 0.187 e. The van der Waals surface area contributed by atoms with Gasteiger partial charge in [-0.25, -0.2) is 0 Å². The zero-order chi connectivity index (χ0) is 16.7. The molecule has 0 aromatic carbocycles. The van der Waals surface area contributed by atoms with Crippen LogP contribution in [0.4, 0.5) is 0 Å². The first kappa shape index (κ1) is 21.3. The summed E-state index contributed by atoms with van der Waals surface area (Å²) < 4.78 is 11.8. The molecular formula is C15H36O4Si2. The summed E-state index contributed by atoms with van der Waals surface area (Å²) in [5.41, 5.74) is -0.0336. The van der Waals surface area contributed by atoms with E-state index in [0.29, 0.717) is 6.61 Å². The minimum absolute atomic E-state index is 0.0336. The molecule has 21 heavy (non-hydrogen) atoms. The highest BCUT2D eigenvalue weighted by Gasteiger charge is 2.34. The molecule has 0 heterocycles. The van der Waals surface area contributed by atoms with Crippen molar-refractivity contribution in [2.45, 2.75) is 76.8 Å². The molecule has 128 valence electrons. The van der Waals surface area contributed by atoms with Crippen molar-refractivity contribution in [2.75, 3.05) is 19.8 Å². The quantitative estimate of drug-likeness (QED) is 0.450. The standard InChI is InChI=1S/C15H36O4Si2/c1-15(2,13-20(3,4)5)19-21(6,7)10-8-9-18-12-14(17)11-16/h14,16-17H,8-13H2,1-7H3. The van der Waals surface area contributed by atoms with Crippen LogP contribution in [0.5, 0.6) is 0 Å². The SMILES string of the molecule is CC(C)(C[Si](C)(C)C)O[Si](C)(C)CCCOCC(O)CO. The molecule has 0 aliphatic carbocycles. The smallest absolute Gasteiger partial charge is 0.187 e. The Morgan fingerprint density at radius 2 is 1.67 bits per heavy atom. The Hall–Kier alpha value is 0.274. The van der Waals surface area contributed by atoms with Crippen LogP contribution in [0.3, 0.4) is 0 Å². The Kier molecular flexibility index (Phi) is 8.90. The molecular weight excluding hydrogens is 300 g/mol. The lowest BCUT2D eigenvalue weighted by atomic mass is 10.2. The van der Waals surface area contributed by atoms with Crippen molar-refractivity contribution in [3.63, 3.8) is 0 Å². The zero-order valence-corrected chi connectivity index (χ0v) is 17.0. The normalized spacial score (nSPS) is 15.3. The van der Waals surface area contributed by atoms with E-state index in [9.17, 15) is 5.11 Å². The van der Waals surface area contributed by atoms with E-state index in [4.69, 9.17) is 14.3 Å². The minimum atomic E-state index is -1.69. The monoisotopic (exact) mass is 336 g/mol. The zero-order valence-electron chi connectivity index (χ0n) is 15.0. The van der Waals surface area contributed by atoms with Crippen molar-refractivity contribution in [1.29, 1.82) is 0 Å². The van der Waals surface area contributed by atoms with E-state index in [1.165, 1.54) is 6.04 Å². The van der Waals surface area contributed by atoms with Crippen LogP contribution in [-0.2, 0) is 9.16 Å². The molecule has 0 aromatic heterocycles. The van der Waals surface area contributed by atoms with E-state index in [0.717, 1.165) is 12.5 Å². The lowest BCUT2D eigenvalue weighted by molar-refractivity contribution is 0.00613. The highest BCUT2D eigenvalue weighted by molar-refractivity contribution is 6.76. The second-order valence-corrected chi connectivity index (χ2v) is 18.1. The summed E-state index contributed by atoms with van der Waals surface area (Å²) >= 11 is 0. The number of ether oxygens (including phenoxy) is 1. The fraction of sp³-hybridized carbons (Fsp3) is 1.00. The molecule has 0 fully saturated rings. The molecule has 1 unspecified atom stereocenters. The van der Waals surface area contributed by atoms with Crippen LogP contribution in [0.25, 0.3) is 0 Å². The van der Waals surface area contributed by atoms with Gasteiger partial charge in [0.25, 0.3) is 0 Å². The fourth-order valence-electron chi connectivity index (χ4n) is 2.98. The minimum Gasteiger partial charge on any atom is -0.413 e. The van der Waals surface area contributed by atoms with E-state index in [2.05, 4.69) is 46.6 Å². The maximum atomic E-state index is 9.19. The van der Waals surface area contributed by atoms with Crippen LogP contribution in [0.15, 0.2) is 0 Å². The van der Waals surface area contributed by atoms with Crippen molar-refractivity contribution in [3.05, 3.63) is 0 Å². The van der Waals surface area contributed by atoms with Gasteiger partial charge in [0.2, 0.25) is 0 Å². The summed E-state index contributed by atoms with van der Waals surface area (Å²) in [7, 11) is -2.83. The molecule has 4 nitrogen and oxygen atoms in total. The maximum absolute atomic E-state index is 9.19. The number of rotatable bonds is 11. The highest BCUT2D eigenvalue weighted by Crippen LogP contribution is 2.29. The Morgan fingerprint density at radius 3 is 2.14 bits per heavy atom. The van der Waals surface area contributed by atoms with E-state index in [1.807, 2.05) is 0 Å². The van der Waals surface area contributed by atoms with Gasteiger partial charge in [-0.15, -0.1) is 0 Å². The van der Waals surface area contributed by atoms with Gasteiger partial charge in [-0.2, -0.15) is 0 Å². The Bertz CT molecular complexity index is 288. The van der Waals surface area contributed by atoms with Gasteiger partial charge in [0.1, 0.15) is 6.10 Å². The van der Waals surface area contributed by atoms with Gasteiger partial charge in [0, 0.05) is 20.3 Å². The van der Waals surface area contributed by atoms with Crippen LogP contribution in [0, 0.1) is 0 Å². The lowest BCUT2D eigenvalue weighted by Crippen LogP contribution is -2.44. The van der Waals surface area contributed by atoms with Gasteiger partial charge in [-0.1, -0.05) is 19.6 Å². The second kappa shape index (κ2) is 8.79. The predicted molar refractivity (Wildman–Crippen MR) is 94.1 cm³/mol. The van der Waals surface area contributed by atoms with Gasteiger partial charge in [-0.05, 0) is 45.5 Å². The van der Waals surface area contributed by atoms with E-state index < -0.39 is 22.5 Å². The molecule has 0 amide bonds. The van der Waals surface area contributed by atoms with Gasteiger partial charge in [0.05, 0.1) is 13.2 Å². The topological polar surface area (TPSA) is 58.9 Å². The lowest BCUT2D eigenvalue weighted by Gasteiger charge is -2.38. The average molecular weight is 337 g/mol. The number of aliphatic hydroxyl groups excluding tert-OH is 2. The summed E-state index contributed by atoms with van der Waals surface area (Å²) in [6.45, 7) is 16.7. The van der Waals surface area contributed by atoms with Crippen LogP contribution in [0.2, 0.25) is 44.8 Å².